The topological polar surface area (TPSA) is 49.6 Å². The van der Waals surface area contributed by atoms with E-state index in [2.05, 4.69) is 23.7 Å². The zero-order valence-corrected chi connectivity index (χ0v) is 16.9. The second kappa shape index (κ2) is 8.19. The van der Waals surface area contributed by atoms with Crippen LogP contribution in [0.3, 0.4) is 0 Å². The summed E-state index contributed by atoms with van der Waals surface area (Å²) in [5.74, 6) is 0.847. The minimum atomic E-state index is -0.306. The summed E-state index contributed by atoms with van der Waals surface area (Å²) in [5.41, 5.74) is 1.23. The zero-order valence-electron chi connectivity index (χ0n) is 16.1. The SMILES string of the molecule is CCN(CC)CCN(C(=O)c1cc(C)oc1C)c1nc2ccc(F)cc2s1. The van der Waals surface area contributed by atoms with Gasteiger partial charge in [0.15, 0.2) is 5.13 Å². The Bertz CT molecular complexity index is 946. The van der Waals surface area contributed by atoms with Crippen molar-refractivity contribution >= 4 is 32.6 Å². The number of halogens is 1. The molecule has 2 aromatic heterocycles. The number of aryl methyl sites for hydroxylation is 2. The van der Waals surface area contributed by atoms with Gasteiger partial charge in [0, 0.05) is 13.1 Å². The van der Waals surface area contributed by atoms with Crippen LogP contribution in [0.5, 0.6) is 0 Å². The maximum absolute atomic E-state index is 13.6. The fourth-order valence-electron chi connectivity index (χ4n) is 3.06. The number of amides is 1. The molecule has 5 nitrogen and oxygen atoms in total. The van der Waals surface area contributed by atoms with Crippen molar-refractivity contribution in [2.45, 2.75) is 27.7 Å². The summed E-state index contributed by atoms with van der Waals surface area (Å²) in [7, 11) is 0. The standard InChI is InChI=1S/C20H24FN3O2S/c1-5-23(6-2)9-10-24(19(25)16-11-13(3)26-14(16)4)20-22-17-8-7-15(21)12-18(17)27-20/h7-8,11-12H,5-6,9-10H2,1-4H3. The number of rotatable bonds is 7. The van der Waals surface area contributed by atoms with Crippen molar-refractivity contribution in [1.29, 1.82) is 0 Å². The molecule has 0 bridgehead atoms. The summed E-state index contributed by atoms with van der Waals surface area (Å²) in [5, 5.41) is 0.575. The molecule has 0 unspecified atom stereocenters. The van der Waals surface area contributed by atoms with Gasteiger partial charge in [0.1, 0.15) is 17.3 Å². The first-order chi connectivity index (χ1) is 12.9. The quantitative estimate of drug-likeness (QED) is 0.591. The molecule has 3 rings (SSSR count). The van der Waals surface area contributed by atoms with E-state index in [1.165, 1.54) is 23.5 Å². The van der Waals surface area contributed by atoms with Crippen LogP contribution in [-0.2, 0) is 0 Å². The van der Waals surface area contributed by atoms with Crippen molar-refractivity contribution in [3.8, 4) is 0 Å². The number of thiazole rings is 1. The van der Waals surface area contributed by atoms with E-state index in [1.807, 2.05) is 6.92 Å². The predicted molar refractivity (Wildman–Crippen MR) is 107 cm³/mol. The second-order valence-electron chi connectivity index (χ2n) is 6.42. The zero-order chi connectivity index (χ0) is 19.6. The van der Waals surface area contributed by atoms with Gasteiger partial charge < -0.3 is 9.32 Å². The molecule has 144 valence electrons. The molecule has 0 fully saturated rings. The van der Waals surface area contributed by atoms with Gasteiger partial charge in [0.05, 0.1) is 15.8 Å². The molecule has 0 saturated carbocycles. The van der Waals surface area contributed by atoms with Crippen molar-refractivity contribution in [2.24, 2.45) is 0 Å². The third kappa shape index (κ3) is 4.20. The summed E-state index contributed by atoms with van der Waals surface area (Å²) in [6, 6.07) is 6.24. The minimum Gasteiger partial charge on any atom is -0.466 e. The Balaban J connectivity index is 1.97. The van der Waals surface area contributed by atoms with Gasteiger partial charge in [-0.1, -0.05) is 25.2 Å². The highest BCUT2D eigenvalue weighted by Crippen LogP contribution is 2.31. The van der Waals surface area contributed by atoms with Gasteiger partial charge >= 0.3 is 0 Å². The van der Waals surface area contributed by atoms with E-state index in [4.69, 9.17) is 4.42 Å². The molecule has 27 heavy (non-hydrogen) atoms. The van der Waals surface area contributed by atoms with Crippen LogP contribution in [0.25, 0.3) is 10.2 Å². The first kappa shape index (κ1) is 19.5. The molecule has 0 atom stereocenters. The Morgan fingerprint density at radius 2 is 1.93 bits per heavy atom. The normalized spacial score (nSPS) is 11.5. The van der Waals surface area contributed by atoms with E-state index < -0.39 is 0 Å². The van der Waals surface area contributed by atoms with Gasteiger partial charge in [-0.15, -0.1) is 0 Å². The molecular weight excluding hydrogens is 365 g/mol. The summed E-state index contributed by atoms with van der Waals surface area (Å²) >= 11 is 1.33. The smallest absolute Gasteiger partial charge is 0.263 e. The number of hydrogen-bond acceptors (Lipinski definition) is 5. The minimum absolute atomic E-state index is 0.143. The molecule has 0 radical (unpaired) electrons. The van der Waals surface area contributed by atoms with Gasteiger partial charge in [-0.2, -0.15) is 0 Å². The highest BCUT2D eigenvalue weighted by Gasteiger charge is 2.25. The lowest BCUT2D eigenvalue weighted by Crippen LogP contribution is -2.39. The molecule has 0 aliphatic carbocycles. The van der Waals surface area contributed by atoms with E-state index in [-0.39, 0.29) is 11.7 Å². The van der Waals surface area contributed by atoms with Crippen LogP contribution >= 0.6 is 11.3 Å². The summed E-state index contributed by atoms with van der Waals surface area (Å²) in [6.07, 6.45) is 0. The summed E-state index contributed by atoms with van der Waals surface area (Å²) in [6.45, 7) is 10.9. The third-order valence-corrected chi connectivity index (χ3v) is 5.66. The van der Waals surface area contributed by atoms with Crippen LogP contribution < -0.4 is 4.90 Å². The Hall–Kier alpha value is -2.25. The van der Waals surface area contributed by atoms with Gasteiger partial charge in [-0.25, -0.2) is 9.37 Å². The lowest BCUT2D eigenvalue weighted by atomic mass is 10.2. The molecule has 2 heterocycles. The van der Waals surface area contributed by atoms with E-state index in [0.717, 1.165) is 24.3 Å². The first-order valence-corrected chi connectivity index (χ1v) is 9.92. The molecule has 7 heteroatoms. The predicted octanol–water partition coefficient (Wildman–Crippen LogP) is 4.63. The fraction of sp³-hybridized carbons (Fsp3) is 0.400. The number of anilines is 1. The highest BCUT2D eigenvalue weighted by molar-refractivity contribution is 7.22. The van der Waals surface area contributed by atoms with Crippen LogP contribution in [-0.4, -0.2) is 42.0 Å². The molecule has 0 saturated heterocycles. The lowest BCUT2D eigenvalue weighted by Gasteiger charge is -2.24. The number of likely N-dealkylation sites (N-methyl/N-ethyl adjacent to an activating group) is 1. The number of carbonyl (C=O) groups excluding carboxylic acids is 1. The highest BCUT2D eigenvalue weighted by atomic mass is 32.1. The van der Waals surface area contributed by atoms with Crippen LogP contribution in [0.4, 0.5) is 9.52 Å². The number of benzene rings is 1. The Morgan fingerprint density at radius 3 is 2.56 bits per heavy atom. The molecule has 0 N–H and O–H groups in total. The second-order valence-corrected chi connectivity index (χ2v) is 7.43. The van der Waals surface area contributed by atoms with Gasteiger partial charge in [0.2, 0.25) is 0 Å². The molecule has 1 amide bonds. The van der Waals surface area contributed by atoms with Crippen LogP contribution in [0.2, 0.25) is 0 Å². The number of fused-ring (bicyclic) bond motifs is 1. The van der Waals surface area contributed by atoms with Crippen molar-refractivity contribution in [3.05, 3.63) is 47.2 Å². The number of nitrogens with zero attached hydrogens (tertiary/aromatic N) is 3. The number of furan rings is 1. The number of aromatic nitrogens is 1. The average Bonchev–Trinajstić information content (AvgIpc) is 3.20. The molecule has 0 aliphatic rings. The van der Waals surface area contributed by atoms with Crippen molar-refractivity contribution < 1.29 is 13.6 Å². The maximum Gasteiger partial charge on any atom is 0.263 e. The van der Waals surface area contributed by atoms with Crippen molar-refractivity contribution in [2.75, 3.05) is 31.1 Å². The number of carbonyl (C=O) groups is 1. The maximum atomic E-state index is 13.6. The molecular formula is C20H24FN3O2S. The monoisotopic (exact) mass is 389 g/mol. The number of hydrogen-bond donors (Lipinski definition) is 0. The summed E-state index contributed by atoms with van der Waals surface area (Å²) in [4.78, 5) is 21.8. The van der Waals surface area contributed by atoms with E-state index in [9.17, 15) is 9.18 Å². The van der Waals surface area contributed by atoms with Gasteiger partial charge in [-0.3, -0.25) is 9.69 Å². The fourth-order valence-corrected chi connectivity index (χ4v) is 4.07. The van der Waals surface area contributed by atoms with E-state index in [1.54, 1.807) is 24.0 Å². The van der Waals surface area contributed by atoms with Crippen LogP contribution in [0.1, 0.15) is 35.7 Å². The average molecular weight is 389 g/mol. The lowest BCUT2D eigenvalue weighted by molar-refractivity contribution is 0.0982. The molecule has 1 aromatic carbocycles. The largest absolute Gasteiger partial charge is 0.466 e. The molecule has 0 aliphatic heterocycles. The Morgan fingerprint density at radius 1 is 1.19 bits per heavy atom. The van der Waals surface area contributed by atoms with Gasteiger partial charge in [0.25, 0.3) is 5.91 Å². The van der Waals surface area contributed by atoms with Crippen molar-refractivity contribution in [3.63, 3.8) is 0 Å². The third-order valence-electron chi connectivity index (χ3n) is 4.62. The summed E-state index contributed by atoms with van der Waals surface area (Å²) < 4.78 is 19.8. The Labute approximate surface area is 162 Å². The van der Waals surface area contributed by atoms with Crippen LogP contribution in [0, 0.1) is 19.7 Å². The van der Waals surface area contributed by atoms with E-state index >= 15 is 0 Å². The first-order valence-electron chi connectivity index (χ1n) is 9.10. The molecule has 0 spiro atoms. The van der Waals surface area contributed by atoms with Crippen molar-refractivity contribution in [1.82, 2.24) is 9.88 Å². The van der Waals surface area contributed by atoms with Gasteiger partial charge in [-0.05, 0) is 51.2 Å². The molecule has 3 aromatic rings. The van der Waals surface area contributed by atoms with E-state index in [0.29, 0.717) is 34.3 Å². The Kier molecular flexibility index (Phi) is 5.92. The van der Waals surface area contributed by atoms with Crippen LogP contribution in [0.15, 0.2) is 28.7 Å².